The van der Waals surface area contributed by atoms with E-state index in [1.807, 2.05) is 18.3 Å². The van der Waals surface area contributed by atoms with Gasteiger partial charge in [-0.15, -0.1) is 0 Å². The molecule has 0 bridgehead atoms. The molecule has 0 amide bonds. The second kappa shape index (κ2) is 9.70. The number of halogens is 1. The zero-order valence-corrected chi connectivity index (χ0v) is 20.3. The monoisotopic (exact) mass is 476 g/mol. The van der Waals surface area contributed by atoms with Crippen molar-refractivity contribution in [2.75, 3.05) is 23.3 Å². The van der Waals surface area contributed by atoms with Gasteiger partial charge in [0.2, 0.25) is 0 Å². The van der Waals surface area contributed by atoms with Gasteiger partial charge in [0.25, 0.3) is 0 Å². The second-order valence-electron chi connectivity index (χ2n) is 9.15. The van der Waals surface area contributed by atoms with Gasteiger partial charge in [-0.05, 0) is 72.4 Å². The fraction of sp³-hybridized carbons (Fsp3) is 0.333. The topological polar surface area (TPSA) is 40.2 Å². The summed E-state index contributed by atoms with van der Waals surface area (Å²) >= 11 is 11.7. The molecule has 0 atom stereocenters. The number of nitrogens with zero attached hydrogens (tertiary/aromatic N) is 2. The maximum absolute atomic E-state index is 6.11. The van der Waals surface area contributed by atoms with Crippen LogP contribution in [0.4, 0.5) is 11.5 Å². The van der Waals surface area contributed by atoms with E-state index in [1.54, 1.807) is 0 Å². The average molecular weight is 477 g/mol. The number of benzene rings is 2. The summed E-state index contributed by atoms with van der Waals surface area (Å²) in [6.45, 7) is 2.71. The van der Waals surface area contributed by atoms with Crippen molar-refractivity contribution < 1.29 is 0 Å². The Morgan fingerprint density at radius 2 is 1.76 bits per heavy atom. The normalized spacial score (nSPS) is 16.8. The van der Waals surface area contributed by atoms with Gasteiger partial charge in [0.1, 0.15) is 5.82 Å². The van der Waals surface area contributed by atoms with E-state index in [1.165, 1.54) is 42.4 Å². The number of nitrogens with one attached hydrogen (secondary N) is 2. The van der Waals surface area contributed by atoms with Crippen molar-refractivity contribution in [3.63, 3.8) is 0 Å². The van der Waals surface area contributed by atoms with E-state index in [-0.39, 0.29) is 5.41 Å². The Morgan fingerprint density at radius 1 is 1.00 bits per heavy atom. The number of anilines is 2. The first kappa shape index (κ1) is 22.2. The molecular weight excluding hydrogens is 448 g/mol. The van der Waals surface area contributed by atoms with Gasteiger partial charge in [-0.3, -0.25) is 0 Å². The van der Waals surface area contributed by atoms with Crippen LogP contribution in [-0.4, -0.2) is 23.2 Å². The SMILES string of the molecule is S=C(NCC1(c2ccc(Cl)cc2)CCCC1)Nc1ccc(N2CCc3ccccc3C2)nc1. The smallest absolute Gasteiger partial charge is 0.170 e. The molecule has 5 rings (SSSR count). The van der Waals surface area contributed by atoms with Gasteiger partial charge in [0.05, 0.1) is 11.9 Å². The first-order chi connectivity index (χ1) is 16.1. The van der Waals surface area contributed by atoms with Crippen LogP contribution in [0.3, 0.4) is 0 Å². The highest BCUT2D eigenvalue weighted by atomic mass is 35.5. The van der Waals surface area contributed by atoms with Crippen molar-refractivity contribution in [1.82, 2.24) is 10.3 Å². The van der Waals surface area contributed by atoms with Crippen molar-refractivity contribution >= 4 is 40.4 Å². The highest BCUT2D eigenvalue weighted by molar-refractivity contribution is 7.80. The van der Waals surface area contributed by atoms with Crippen LogP contribution in [-0.2, 0) is 18.4 Å². The molecule has 1 aromatic heterocycles. The summed E-state index contributed by atoms with van der Waals surface area (Å²) in [4.78, 5) is 7.03. The number of hydrogen-bond donors (Lipinski definition) is 2. The molecule has 0 radical (unpaired) electrons. The van der Waals surface area contributed by atoms with Crippen molar-refractivity contribution in [2.45, 2.75) is 44.1 Å². The summed E-state index contributed by atoms with van der Waals surface area (Å²) in [6.07, 6.45) is 7.75. The quantitative estimate of drug-likeness (QED) is 0.435. The lowest BCUT2D eigenvalue weighted by atomic mass is 9.79. The fourth-order valence-electron chi connectivity index (χ4n) is 5.19. The Balaban J connectivity index is 1.19. The summed E-state index contributed by atoms with van der Waals surface area (Å²) in [5.74, 6) is 1.00. The molecule has 1 aliphatic heterocycles. The summed E-state index contributed by atoms with van der Waals surface area (Å²) < 4.78 is 0. The predicted molar refractivity (Wildman–Crippen MR) is 141 cm³/mol. The van der Waals surface area contributed by atoms with Gasteiger partial charge in [0.15, 0.2) is 5.11 Å². The van der Waals surface area contributed by atoms with Gasteiger partial charge < -0.3 is 15.5 Å². The standard InChI is InChI=1S/C27H29ClN4S/c28-23-9-7-22(8-10-23)27(14-3-4-15-27)19-30-26(33)31-24-11-12-25(29-17-24)32-16-13-20-5-1-2-6-21(20)18-32/h1-2,5-12,17H,3-4,13-16,18-19H2,(H2,30,31,33). The number of hydrogen-bond acceptors (Lipinski definition) is 3. The van der Waals surface area contributed by atoms with Crippen LogP contribution < -0.4 is 15.5 Å². The van der Waals surface area contributed by atoms with E-state index in [2.05, 4.69) is 64.1 Å². The first-order valence-electron chi connectivity index (χ1n) is 11.7. The minimum atomic E-state index is 0.114. The fourth-order valence-corrected chi connectivity index (χ4v) is 5.50. The van der Waals surface area contributed by atoms with Crippen molar-refractivity contribution in [3.05, 3.63) is 88.6 Å². The molecule has 2 heterocycles. The summed E-state index contributed by atoms with van der Waals surface area (Å²) in [6, 6.07) is 21.1. The third-order valence-electron chi connectivity index (χ3n) is 7.06. The van der Waals surface area contributed by atoms with Crippen LogP contribution in [0.25, 0.3) is 0 Å². The maximum atomic E-state index is 6.11. The number of thiocarbonyl (C=S) groups is 1. The second-order valence-corrected chi connectivity index (χ2v) is 9.99. The molecule has 0 spiro atoms. The number of fused-ring (bicyclic) bond motifs is 1. The lowest BCUT2D eigenvalue weighted by Crippen LogP contribution is -2.40. The van der Waals surface area contributed by atoms with Gasteiger partial charge in [-0.2, -0.15) is 0 Å². The molecule has 2 aliphatic rings. The summed E-state index contributed by atoms with van der Waals surface area (Å²) in [7, 11) is 0. The molecule has 2 N–H and O–H groups in total. The van der Waals surface area contributed by atoms with Crippen LogP contribution >= 0.6 is 23.8 Å². The van der Waals surface area contributed by atoms with E-state index < -0.39 is 0 Å². The van der Waals surface area contributed by atoms with E-state index in [0.717, 1.165) is 42.6 Å². The van der Waals surface area contributed by atoms with Crippen LogP contribution in [0.5, 0.6) is 0 Å². The first-order valence-corrected chi connectivity index (χ1v) is 12.5. The number of pyridine rings is 1. The maximum Gasteiger partial charge on any atom is 0.170 e. The van der Waals surface area contributed by atoms with E-state index in [4.69, 9.17) is 28.8 Å². The van der Waals surface area contributed by atoms with Crippen LogP contribution in [0.15, 0.2) is 66.9 Å². The number of rotatable bonds is 5. The molecule has 33 heavy (non-hydrogen) atoms. The highest BCUT2D eigenvalue weighted by Crippen LogP contribution is 2.41. The zero-order valence-electron chi connectivity index (χ0n) is 18.7. The van der Waals surface area contributed by atoms with Crippen molar-refractivity contribution in [2.24, 2.45) is 0 Å². The Kier molecular flexibility index (Phi) is 6.52. The number of aromatic nitrogens is 1. The Labute approximate surface area is 206 Å². The summed E-state index contributed by atoms with van der Waals surface area (Å²) in [5.41, 5.74) is 5.19. The van der Waals surface area contributed by atoms with Crippen LogP contribution in [0.1, 0.15) is 42.4 Å². The van der Waals surface area contributed by atoms with Crippen LogP contribution in [0.2, 0.25) is 5.02 Å². The average Bonchev–Trinajstić information content (AvgIpc) is 3.34. The zero-order chi connectivity index (χ0) is 22.7. The minimum absolute atomic E-state index is 0.114. The van der Waals surface area contributed by atoms with E-state index in [0.29, 0.717) is 5.11 Å². The molecule has 1 saturated carbocycles. The van der Waals surface area contributed by atoms with Gasteiger partial charge in [0, 0.05) is 30.1 Å². The Morgan fingerprint density at radius 3 is 2.48 bits per heavy atom. The summed E-state index contributed by atoms with van der Waals surface area (Å²) in [5, 5.41) is 8.19. The third kappa shape index (κ3) is 4.99. The molecule has 170 valence electrons. The molecule has 3 aromatic rings. The van der Waals surface area contributed by atoms with Gasteiger partial charge in [-0.1, -0.05) is 60.8 Å². The predicted octanol–water partition coefficient (Wildman–Crippen LogP) is 6.10. The van der Waals surface area contributed by atoms with E-state index >= 15 is 0 Å². The molecule has 1 aliphatic carbocycles. The molecule has 4 nitrogen and oxygen atoms in total. The third-order valence-corrected chi connectivity index (χ3v) is 7.56. The largest absolute Gasteiger partial charge is 0.362 e. The lowest BCUT2D eigenvalue weighted by molar-refractivity contribution is 0.435. The molecule has 1 fully saturated rings. The van der Waals surface area contributed by atoms with Gasteiger partial charge in [-0.25, -0.2) is 4.98 Å². The Hall–Kier alpha value is -2.63. The molecule has 0 saturated heterocycles. The Bertz CT molecular complexity index is 1110. The lowest BCUT2D eigenvalue weighted by Gasteiger charge is -2.31. The molecule has 0 unspecified atom stereocenters. The van der Waals surface area contributed by atoms with E-state index in [9.17, 15) is 0 Å². The molecular formula is C27H29ClN4S. The highest BCUT2D eigenvalue weighted by Gasteiger charge is 2.35. The van der Waals surface area contributed by atoms with Crippen molar-refractivity contribution in [1.29, 1.82) is 0 Å². The minimum Gasteiger partial charge on any atom is -0.362 e. The molecule has 6 heteroatoms. The molecule has 2 aromatic carbocycles. The van der Waals surface area contributed by atoms with Crippen LogP contribution in [0, 0.1) is 0 Å². The van der Waals surface area contributed by atoms with Gasteiger partial charge >= 0.3 is 0 Å². The van der Waals surface area contributed by atoms with Crippen molar-refractivity contribution in [3.8, 4) is 0 Å².